The van der Waals surface area contributed by atoms with Gasteiger partial charge in [0, 0.05) is 24.8 Å². The molecule has 0 aliphatic rings. The van der Waals surface area contributed by atoms with Gasteiger partial charge in [0.1, 0.15) is 5.82 Å². The molecule has 0 saturated heterocycles. The van der Waals surface area contributed by atoms with Crippen LogP contribution in [0.15, 0.2) is 18.3 Å². The van der Waals surface area contributed by atoms with Crippen molar-refractivity contribution in [2.75, 3.05) is 24.0 Å². The number of anilines is 1. The molecule has 3 nitrogen and oxygen atoms in total. The van der Waals surface area contributed by atoms with Crippen LogP contribution >= 0.6 is 11.8 Å². The van der Waals surface area contributed by atoms with Crippen molar-refractivity contribution >= 4 is 23.4 Å². The molecule has 0 aliphatic heterocycles. The normalized spacial score (nSPS) is 12.2. The lowest BCUT2D eigenvalue weighted by Gasteiger charge is -2.26. The Morgan fingerprint density at radius 3 is 2.88 bits per heavy atom. The zero-order valence-corrected chi connectivity index (χ0v) is 11.8. The largest absolute Gasteiger partial charge is 0.357 e. The van der Waals surface area contributed by atoms with Gasteiger partial charge >= 0.3 is 0 Å². The fourth-order valence-electron chi connectivity index (χ4n) is 1.54. The molecule has 0 amide bonds. The van der Waals surface area contributed by atoms with Crippen molar-refractivity contribution in [1.29, 1.82) is 0 Å². The van der Waals surface area contributed by atoms with Crippen molar-refractivity contribution < 1.29 is 4.79 Å². The standard InChI is InChI=1S/C13H20N2OS/c1-10(6-8-17-4)15(3)13-9-12(11(2)16)5-7-14-13/h5,7,9-10H,6,8H2,1-4H3. The van der Waals surface area contributed by atoms with Crippen LogP contribution in [0.4, 0.5) is 5.82 Å². The van der Waals surface area contributed by atoms with Crippen LogP contribution in [0.25, 0.3) is 0 Å². The second-order valence-corrected chi connectivity index (χ2v) is 5.19. The highest BCUT2D eigenvalue weighted by molar-refractivity contribution is 7.98. The van der Waals surface area contributed by atoms with Gasteiger partial charge < -0.3 is 4.90 Å². The van der Waals surface area contributed by atoms with Crippen molar-refractivity contribution in [2.45, 2.75) is 26.3 Å². The van der Waals surface area contributed by atoms with Crippen LogP contribution in [0.5, 0.6) is 0 Å². The highest BCUT2D eigenvalue weighted by Gasteiger charge is 2.12. The molecule has 1 aromatic rings. The van der Waals surface area contributed by atoms with Crippen LogP contribution in [0, 0.1) is 0 Å². The third-order valence-electron chi connectivity index (χ3n) is 2.91. The molecule has 1 aromatic heterocycles. The SMILES string of the molecule is CSCCC(C)N(C)c1cc(C(C)=O)ccn1. The zero-order valence-electron chi connectivity index (χ0n) is 10.9. The summed E-state index contributed by atoms with van der Waals surface area (Å²) in [7, 11) is 2.03. The molecule has 1 rings (SSSR count). The Balaban J connectivity index is 2.77. The van der Waals surface area contributed by atoms with E-state index < -0.39 is 0 Å². The number of nitrogens with zero attached hydrogens (tertiary/aromatic N) is 2. The second-order valence-electron chi connectivity index (χ2n) is 4.20. The lowest BCUT2D eigenvalue weighted by molar-refractivity contribution is 0.101. The average molecular weight is 252 g/mol. The van der Waals surface area contributed by atoms with E-state index in [1.54, 1.807) is 19.2 Å². The Morgan fingerprint density at radius 2 is 2.29 bits per heavy atom. The average Bonchev–Trinajstić information content (AvgIpc) is 2.35. The first-order valence-electron chi connectivity index (χ1n) is 5.75. The van der Waals surface area contributed by atoms with Gasteiger partial charge in [0.2, 0.25) is 0 Å². The van der Waals surface area contributed by atoms with E-state index in [0.717, 1.165) is 23.6 Å². The fourth-order valence-corrected chi connectivity index (χ4v) is 2.11. The summed E-state index contributed by atoms with van der Waals surface area (Å²) in [6.45, 7) is 3.76. The summed E-state index contributed by atoms with van der Waals surface area (Å²) in [5.74, 6) is 2.09. The monoisotopic (exact) mass is 252 g/mol. The third-order valence-corrected chi connectivity index (χ3v) is 3.56. The Hall–Kier alpha value is -1.03. The number of carbonyl (C=O) groups excluding carboxylic acids is 1. The van der Waals surface area contributed by atoms with Crippen LogP contribution in [0.3, 0.4) is 0 Å². The summed E-state index contributed by atoms with van der Waals surface area (Å²) >= 11 is 1.85. The molecule has 0 spiro atoms. The highest BCUT2D eigenvalue weighted by Crippen LogP contribution is 2.16. The van der Waals surface area contributed by atoms with Crippen molar-refractivity contribution in [3.05, 3.63) is 23.9 Å². The molecule has 0 aliphatic carbocycles. The van der Waals surface area contributed by atoms with Crippen LogP contribution in [0.2, 0.25) is 0 Å². The molecule has 0 fully saturated rings. The van der Waals surface area contributed by atoms with Gasteiger partial charge in [0.25, 0.3) is 0 Å². The Kier molecular flexibility index (Phi) is 5.48. The lowest BCUT2D eigenvalue weighted by atomic mass is 10.1. The summed E-state index contributed by atoms with van der Waals surface area (Å²) in [5.41, 5.74) is 0.721. The van der Waals surface area contributed by atoms with Gasteiger partial charge in [-0.05, 0) is 44.4 Å². The highest BCUT2D eigenvalue weighted by atomic mass is 32.2. The van der Waals surface area contributed by atoms with Crippen molar-refractivity contribution in [2.24, 2.45) is 0 Å². The molecule has 0 N–H and O–H groups in total. The summed E-state index contributed by atoms with van der Waals surface area (Å²) in [5, 5.41) is 0. The molecule has 17 heavy (non-hydrogen) atoms. The summed E-state index contributed by atoms with van der Waals surface area (Å²) in [6.07, 6.45) is 4.93. The molecule has 0 bridgehead atoms. The van der Waals surface area contributed by atoms with E-state index in [-0.39, 0.29) is 5.78 Å². The number of hydrogen-bond donors (Lipinski definition) is 0. The van der Waals surface area contributed by atoms with Crippen LogP contribution < -0.4 is 4.90 Å². The molecule has 4 heteroatoms. The number of aromatic nitrogens is 1. The minimum absolute atomic E-state index is 0.0822. The Labute approximate surface area is 108 Å². The van der Waals surface area contributed by atoms with E-state index in [4.69, 9.17) is 0 Å². The first kappa shape index (κ1) is 14.0. The lowest BCUT2D eigenvalue weighted by Crippen LogP contribution is -2.30. The number of Topliss-reactive ketones (excluding diaryl/α,β-unsaturated/α-hetero) is 1. The maximum atomic E-state index is 11.3. The molecule has 1 atom stereocenters. The maximum absolute atomic E-state index is 11.3. The predicted octanol–water partition coefficient (Wildman–Crippen LogP) is 2.86. The molecule has 0 radical (unpaired) electrons. The van der Waals surface area contributed by atoms with Crippen LogP contribution in [-0.4, -0.2) is 35.9 Å². The quantitative estimate of drug-likeness (QED) is 0.729. The molecule has 1 unspecified atom stereocenters. The van der Waals surface area contributed by atoms with Crippen molar-refractivity contribution in [1.82, 2.24) is 4.98 Å². The minimum atomic E-state index is 0.0822. The number of thioether (sulfide) groups is 1. The number of pyridine rings is 1. The van der Waals surface area contributed by atoms with E-state index in [2.05, 4.69) is 23.1 Å². The first-order valence-corrected chi connectivity index (χ1v) is 7.14. The van der Waals surface area contributed by atoms with Gasteiger partial charge in [-0.25, -0.2) is 4.98 Å². The van der Waals surface area contributed by atoms with Gasteiger partial charge in [-0.2, -0.15) is 11.8 Å². The number of rotatable bonds is 6. The molecular formula is C13H20N2OS. The third kappa shape index (κ3) is 4.04. The van der Waals surface area contributed by atoms with Gasteiger partial charge in [-0.15, -0.1) is 0 Å². The summed E-state index contributed by atoms with van der Waals surface area (Å²) in [6, 6.07) is 4.04. The second kappa shape index (κ2) is 6.64. The van der Waals surface area contributed by atoms with Crippen LogP contribution in [-0.2, 0) is 0 Å². The fraction of sp³-hybridized carbons (Fsp3) is 0.538. The number of hydrogen-bond acceptors (Lipinski definition) is 4. The minimum Gasteiger partial charge on any atom is -0.357 e. The smallest absolute Gasteiger partial charge is 0.159 e. The number of carbonyl (C=O) groups is 1. The van der Waals surface area contributed by atoms with Crippen molar-refractivity contribution in [3.8, 4) is 0 Å². The van der Waals surface area contributed by atoms with E-state index in [0.29, 0.717) is 6.04 Å². The Morgan fingerprint density at radius 1 is 1.59 bits per heavy atom. The summed E-state index contributed by atoms with van der Waals surface area (Å²) < 4.78 is 0. The maximum Gasteiger partial charge on any atom is 0.159 e. The van der Waals surface area contributed by atoms with E-state index >= 15 is 0 Å². The summed E-state index contributed by atoms with van der Waals surface area (Å²) in [4.78, 5) is 17.8. The van der Waals surface area contributed by atoms with Crippen molar-refractivity contribution in [3.63, 3.8) is 0 Å². The molecule has 0 saturated carbocycles. The van der Waals surface area contributed by atoms with Gasteiger partial charge in [0.05, 0.1) is 0 Å². The van der Waals surface area contributed by atoms with Gasteiger partial charge in [0.15, 0.2) is 5.78 Å². The Bertz CT molecular complexity index is 381. The molecule has 1 heterocycles. The predicted molar refractivity (Wildman–Crippen MR) is 75.1 cm³/mol. The van der Waals surface area contributed by atoms with E-state index in [1.807, 2.05) is 24.9 Å². The first-order chi connectivity index (χ1) is 8.06. The van der Waals surface area contributed by atoms with E-state index in [9.17, 15) is 4.79 Å². The van der Waals surface area contributed by atoms with E-state index in [1.165, 1.54) is 0 Å². The van der Waals surface area contributed by atoms with Gasteiger partial charge in [-0.3, -0.25) is 4.79 Å². The number of ketones is 1. The molecule has 0 aromatic carbocycles. The van der Waals surface area contributed by atoms with Crippen LogP contribution in [0.1, 0.15) is 30.6 Å². The van der Waals surface area contributed by atoms with Gasteiger partial charge in [-0.1, -0.05) is 0 Å². The molecule has 94 valence electrons. The molecular weight excluding hydrogens is 232 g/mol. The zero-order chi connectivity index (χ0) is 12.8. The topological polar surface area (TPSA) is 33.2 Å².